The van der Waals surface area contributed by atoms with E-state index < -0.39 is 11.4 Å². The third kappa shape index (κ3) is 2.35. The van der Waals surface area contributed by atoms with Gasteiger partial charge in [0.2, 0.25) is 0 Å². The Balaban J connectivity index is 1.96. The van der Waals surface area contributed by atoms with E-state index in [1.807, 2.05) is 6.92 Å². The molecule has 0 saturated heterocycles. The van der Waals surface area contributed by atoms with Gasteiger partial charge in [-0.3, -0.25) is 4.79 Å². The van der Waals surface area contributed by atoms with Crippen molar-refractivity contribution in [2.45, 2.75) is 59.8 Å². The average molecular weight is 302 g/mol. The molecule has 1 fully saturated rings. The van der Waals surface area contributed by atoms with Crippen molar-refractivity contribution in [2.75, 3.05) is 0 Å². The van der Waals surface area contributed by atoms with Crippen molar-refractivity contribution < 1.29 is 9.90 Å². The first kappa shape index (κ1) is 15.8. The second kappa shape index (κ2) is 5.54. The lowest BCUT2D eigenvalue weighted by Crippen LogP contribution is -2.49. The molecule has 0 aromatic heterocycles. The zero-order chi connectivity index (χ0) is 16.1. The van der Waals surface area contributed by atoms with Gasteiger partial charge in [0.1, 0.15) is 0 Å². The first-order valence-electron chi connectivity index (χ1n) is 8.98. The maximum absolute atomic E-state index is 11.9. The van der Waals surface area contributed by atoms with Gasteiger partial charge in [0.05, 0.1) is 5.41 Å². The second-order valence-corrected chi connectivity index (χ2v) is 8.38. The standard InChI is InChI=1S/C20H30O2/c1-12(2)14-5-7-16-15(11-14)6-8-17-18(16)13(3)9-10-20(17,4)19(21)22/h6,11-13,16-18H,5,7-10H2,1-4H3,(H,21,22). The van der Waals surface area contributed by atoms with Gasteiger partial charge in [-0.05, 0) is 74.2 Å². The van der Waals surface area contributed by atoms with Gasteiger partial charge in [-0.1, -0.05) is 38.5 Å². The summed E-state index contributed by atoms with van der Waals surface area (Å²) in [6, 6.07) is 0. The Morgan fingerprint density at radius 3 is 2.73 bits per heavy atom. The number of carboxylic acids is 1. The van der Waals surface area contributed by atoms with E-state index in [-0.39, 0.29) is 0 Å². The fourth-order valence-electron chi connectivity index (χ4n) is 5.31. The Hall–Kier alpha value is -1.05. The fourth-order valence-corrected chi connectivity index (χ4v) is 5.31. The molecule has 5 unspecified atom stereocenters. The monoisotopic (exact) mass is 302 g/mol. The maximum Gasteiger partial charge on any atom is 0.309 e. The minimum atomic E-state index is -0.583. The molecule has 0 aromatic rings. The molecule has 0 radical (unpaired) electrons. The molecule has 1 N–H and O–H groups in total. The normalized spacial score (nSPS) is 41.3. The van der Waals surface area contributed by atoms with Crippen molar-refractivity contribution in [3.05, 3.63) is 23.3 Å². The number of carbonyl (C=O) groups is 1. The summed E-state index contributed by atoms with van der Waals surface area (Å²) in [5.41, 5.74) is 2.56. The van der Waals surface area contributed by atoms with Crippen LogP contribution in [0.2, 0.25) is 0 Å². The summed E-state index contributed by atoms with van der Waals surface area (Å²) in [5, 5.41) is 9.80. The van der Waals surface area contributed by atoms with Crippen molar-refractivity contribution in [3.63, 3.8) is 0 Å². The molecule has 0 aromatic carbocycles. The molecule has 3 aliphatic rings. The molecule has 3 rings (SSSR count). The summed E-state index contributed by atoms with van der Waals surface area (Å²) in [5.74, 6) is 2.17. The van der Waals surface area contributed by atoms with Crippen LogP contribution in [0.25, 0.3) is 0 Å². The SMILES string of the molecule is CC(C)C1=CC2=CCC3C(C(C)CCC3(C)C(=O)O)C2CC1. The molecule has 2 nitrogen and oxygen atoms in total. The number of rotatable bonds is 2. The Morgan fingerprint density at radius 1 is 1.36 bits per heavy atom. The lowest BCUT2D eigenvalue weighted by molar-refractivity contribution is -0.158. The van der Waals surface area contributed by atoms with Gasteiger partial charge >= 0.3 is 5.97 Å². The van der Waals surface area contributed by atoms with Crippen LogP contribution in [0.4, 0.5) is 0 Å². The third-order valence-corrected chi connectivity index (χ3v) is 6.89. The summed E-state index contributed by atoms with van der Waals surface area (Å²) in [6.45, 7) is 8.91. The number of hydrogen-bond acceptors (Lipinski definition) is 1. The molecular formula is C20H30O2. The summed E-state index contributed by atoms with van der Waals surface area (Å²) < 4.78 is 0. The highest BCUT2D eigenvalue weighted by Gasteiger charge is 2.53. The van der Waals surface area contributed by atoms with Crippen LogP contribution < -0.4 is 0 Å². The van der Waals surface area contributed by atoms with Crippen molar-refractivity contribution in [1.29, 1.82) is 0 Å². The smallest absolute Gasteiger partial charge is 0.309 e. The van der Waals surface area contributed by atoms with Crippen molar-refractivity contribution in [1.82, 2.24) is 0 Å². The Bertz CT molecular complexity index is 528. The molecule has 2 heteroatoms. The van der Waals surface area contributed by atoms with Gasteiger partial charge < -0.3 is 5.11 Å². The highest BCUT2D eigenvalue weighted by atomic mass is 16.4. The summed E-state index contributed by atoms with van der Waals surface area (Å²) in [4.78, 5) is 11.9. The molecule has 0 heterocycles. The second-order valence-electron chi connectivity index (χ2n) is 8.38. The third-order valence-electron chi connectivity index (χ3n) is 6.89. The van der Waals surface area contributed by atoms with Gasteiger partial charge in [-0.15, -0.1) is 0 Å². The molecule has 3 aliphatic carbocycles. The topological polar surface area (TPSA) is 37.3 Å². The molecular weight excluding hydrogens is 272 g/mol. The molecule has 0 amide bonds. The van der Waals surface area contributed by atoms with Crippen molar-refractivity contribution in [3.8, 4) is 0 Å². The van der Waals surface area contributed by atoms with Crippen LogP contribution in [-0.4, -0.2) is 11.1 Å². The van der Waals surface area contributed by atoms with Gasteiger partial charge in [0, 0.05) is 0 Å². The number of hydrogen-bond donors (Lipinski definition) is 1. The zero-order valence-corrected chi connectivity index (χ0v) is 14.4. The predicted octanol–water partition coefficient (Wildman–Crippen LogP) is 5.06. The highest BCUT2D eigenvalue weighted by molar-refractivity contribution is 5.75. The van der Waals surface area contributed by atoms with Crippen LogP contribution >= 0.6 is 0 Å². The molecule has 0 bridgehead atoms. The Kier molecular flexibility index (Phi) is 3.99. The molecule has 1 saturated carbocycles. The first-order chi connectivity index (χ1) is 10.3. The lowest BCUT2D eigenvalue weighted by atomic mass is 9.51. The van der Waals surface area contributed by atoms with Gasteiger partial charge in [-0.25, -0.2) is 0 Å². The van der Waals surface area contributed by atoms with Crippen LogP contribution in [0.1, 0.15) is 59.8 Å². The van der Waals surface area contributed by atoms with E-state index in [2.05, 4.69) is 32.9 Å². The molecule has 5 atom stereocenters. The molecule has 22 heavy (non-hydrogen) atoms. The van der Waals surface area contributed by atoms with Gasteiger partial charge in [0.15, 0.2) is 0 Å². The van der Waals surface area contributed by atoms with Gasteiger partial charge in [-0.2, -0.15) is 0 Å². The predicted molar refractivity (Wildman–Crippen MR) is 89.5 cm³/mol. The van der Waals surface area contributed by atoms with Crippen molar-refractivity contribution in [2.24, 2.45) is 35.0 Å². The Labute approximate surface area is 134 Å². The van der Waals surface area contributed by atoms with E-state index in [0.717, 1.165) is 19.3 Å². The van der Waals surface area contributed by atoms with E-state index in [1.54, 1.807) is 5.57 Å². The zero-order valence-electron chi connectivity index (χ0n) is 14.4. The summed E-state index contributed by atoms with van der Waals surface area (Å²) in [7, 11) is 0. The van der Waals surface area contributed by atoms with Crippen LogP contribution in [0, 0.1) is 35.0 Å². The molecule has 0 aliphatic heterocycles. The Morgan fingerprint density at radius 2 is 2.09 bits per heavy atom. The quantitative estimate of drug-likeness (QED) is 0.774. The minimum Gasteiger partial charge on any atom is -0.481 e. The molecule has 122 valence electrons. The highest BCUT2D eigenvalue weighted by Crippen LogP contribution is 2.57. The van der Waals surface area contributed by atoms with E-state index >= 15 is 0 Å². The minimum absolute atomic E-state index is 0.316. The van der Waals surface area contributed by atoms with E-state index in [4.69, 9.17) is 0 Å². The van der Waals surface area contributed by atoms with E-state index in [9.17, 15) is 9.90 Å². The number of aliphatic carboxylic acids is 1. The fraction of sp³-hybridized carbons (Fsp3) is 0.750. The van der Waals surface area contributed by atoms with Gasteiger partial charge in [0.25, 0.3) is 0 Å². The van der Waals surface area contributed by atoms with Crippen molar-refractivity contribution >= 4 is 5.97 Å². The number of fused-ring (bicyclic) bond motifs is 3. The number of allylic oxidation sites excluding steroid dienone is 4. The molecule has 0 spiro atoms. The largest absolute Gasteiger partial charge is 0.481 e. The summed E-state index contributed by atoms with van der Waals surface area (Å²) in [6.07, 6.45) is 10.1. The number of carboxylic acid groups (broad SMARTS) is 1. The lowest BCUT2D eigenvalue weighted by Gasteiger charge is -2.52. The van der Waals surface area contributed by atoms with Crippen LogP contribution in [0.15, 0.2) is 23.3 Å². The van der Waals surface area contributed by atoms with E-state index in [0.29, 0.717) is 29.6 Å². The average Bonchev–Trinajstić information content (AvgIpc) is 2.49. The van der Waals surface area contributed by atoms with E-state index in [1.165, 1.54) is 18.4 Å². The van der Waals surface area contributed by atoms with Crippen LogP contribution in [0.3, 0.4) is 0 Å². The van der Waals surface area contributed by atoms with Crippen LogP contribution in [-0.2, 0) is 4.79 Å². The maximum atomic E-state index is 11.9. The summed E-state index contributed by atoms with van der Waals surface area (Å²) >= 11 is 0. The van der Waals surface area contributed by atoms with Crippen LogP contribution in [0.5, 0.6) is 0 Å². The first-order valence-corrected chi connectivity index (χ1v) is 8.98.